The molecule has 1 saturated heterocycles. The van der Waals surface area contributed by atoms with Crippen LogP contribution in [0.3, 0.4) is 0 Å². The number of alkyl halides is 3. The highest BCUT2D eigenvalue weighted by atomic mass is 19.4. The van der Waals surface area contributed by atoms with E-state index >= 15 is 0 Å². The third-order valence-corrected chi connectivity index (χ3v) is 4.03. The van der Waals surface area contributed by atoms with Gasteiger partial charge in [0.2, 0.25) is 5.91 Å². The average Bonchev–Trinajstić information content (AvgIpc) is 2.53. The van der Waals surface area contributed by atoms with Crippen LogP contribution in [0.4, 0.5) is 13.2 Å². The quantitative estimate of drug-likeness (QED) is 0.859. The standard InChI is InChI=1S/C16H21F3N2O3/c1-10(12-3-2-4-13(9-12)24-16(17,18)19)21-15(22)14(20)11-5-7-23-8-6-11/h2-4,9-11,14H,5-8,20H2,1H3,(H,21,22). The first-order valence-corrected chi connectivity index (χ1v) is 7.75. The van der Waals surface area contributed by atoms with Crippen LogP contribution in [0.1, 0.15) is 31.4 Å². The van der Waals surface area contributed by atoms with E-state index < -0.39 is 18.4 Å². The topological polar surface area (TPSA) is 73.6 Å². The van der Waals surface area contributed by atoms with Gasteiger partial charge in [-0.25, -0.2) is 0 Å². The van der Waals surface area contributed by atoms with Crippen molar-refractivity contribution in [1.29, 1.82) is 0 Å². The summed E-state index contributed by atoms with van der Waals surface area (Å²) in [4.78, 5) is 12.3. The molecular formula is C16H21F3N2O3. The summed E-state index contributed by atoms with van der Waals surface area (Å²) in [5, 5.41) is 2.74. The number of ether oxygens (including phenoxy) is 2. The van der Waals surface area contributed by atoms with E-state index in [0.717, 1.165) is 12.8 Å². The summed E-state index contributed by atoms with van der Waals surface area (Å²) < 4.78 is 46.0. The van der Waals surface area contributed by atoms with Crippen molar-refractivity contribution in [1.82, 2.24) is 5.32 Å². The Balaban J connectivity index is 1.97. The van der Waals surface area contributed by atoms with Crippen molar-refractivity contribution in [3.05, 3.63) is 29.8 Å². The summed E-state index contributed by atoms with van der Waals surface area (Å²) in [6.07, 6.45) is -3.31. The molecule has 0 radical (unpaired) electrons. The number of carbonyl (C=O) groups is 1. The Labute approximate surface area is 138 Å². The van der Waals surface area contributed by atoms with Gasteiger partial charge in [-0.2, -0.15) is 0 Å². The summed E-state index contributed by atoms with van der Waals surface area (Å²) in [7, 11) is 0. The number of benzene rings is 1. The summed E-state index contributed by atoms with van der Waals surface area (Å²) >= 11 is 0. The maximum Gasteiger partial charge on any atom is 0.573 e. The number of rotatable bonds is 5. The van der Waals surface area contributed by atoms with E-state index in [0.29, 0.717) is 18.8 Å². The van der Waals surface area contributed by atoms with Gasteiger partial charge in [-0.05, 0) is 43.4 Å². The third-order valence-electron chi connectivity index (χ3n) is 4.03. The van der Waals surface area contributed by atoms with Crippen LogP contribution in [0.25, 0.3) is 0 Å². The second kappa shape index (κ2) is 7.85. The highest BCUT2D eigenvalue weighted by molar-refractivity contribution is 5.82. The molecule has 2 unspecified atom stereocenters. The fourth-order valence-electron chi connectivity index (χ4n) is 2.66. The Kier molecular flexibility index (Phi) is 6.06. The molecule has 2 atom stereocenters. The van der Waals surface area contributed by atoms with Crippen molar-refractivity contribution in [3.63, 3.8) is 0 Å². The summed E-state index contributed by atoms with van der Waals surface area (Å²) in [6, 6.07) is 4.37. The molecule has 3 N–H and O–H groups in total. The fraction of sp³-hybridized carbons (Fsp3) is 0.562. The Bertz CT molecular complexity index is 560. The van der Waals surface area contributed by atoms with E-state index in [4.69, 9.17) is 10.5 Å². The molecule has 0 aromatic heterocycles. The Hall–Kier alpha value is -1.80. The van der Waals surface area contributed by atoms with Gasteiger partial charge < -0.3 is 20.5 Å². The SMILES string of the molecule is CC(NC(=O)C(N)C1CCOCC1)c1cccc(OC(F)(F)F)c1. The zero-order valence-corrected chi connectivity index (χ0v) is 13.3. The van der Waals surface area contributed by atoms with Crippen molar-refractivity contribution >= 4 is 5.91 Å². The molecule has 1 amide bonds. The molecule has 1 aliphatic rings. The molecule has 8 heteroatoms. The van der Waals surface area contributed by atoms with E-state index in [1.165, 1.54) is 18.2 Å². The van der Waals surface area contributed by atoms with Gasteiger partial charge in [0.05, 0.1) is 12.1 Å². The number of hydrogen-bond acceptors (Lipinski definition) is 4. The van der Waals surface area contributed by atoms with Gasteiger partial charge in [-0.15, -0.1) is 13.2 Å². The van der Waals surface area contributed by atoms with Gasteiger partial charge in [-0.3, -0.25) is 4.79 Å². The Morgan fingerprint density at radius 1 is 1.38 bits per heavy atom. The predicted octanol–water partition coefficient (Wildman–Crippen LogP) is 2.52. The minimum absolute atomic E-state index is 0.0471. The van der Waals surface area contributed by atoms with E-state index in [1.54, 1.807) is 13.0 Å². The Morgan fingerprint density at radius 3 is 2.67 bits per heavy atom. The lowest BCUT2D eigenvalue weighted by atomic mass is 9.91. The molecule has 1 aromatic rings. The second-order valence-electron chi connectivity index (χ2n) is 5.83. The maximum absolute atomic E-state index is 12.3. The number of nitrogens with one attached hydrogen (secondary N) is 1. The molecule has 0 aliphatic carbocycles. The van der Waals surface area contributed by atoms with Crippen molar-refractivity contribution in [2.45, 2.75) is 38.2 Å². The van der Waals surface area contributed by atoms with E-state index in [2.05, 4.69) is 10.1 Å². The third kappa shape index (κ3) is 5.38. The highest BCUT2D eigenvalue weighted by Gasteiger charge is 2.31. The molecule has 1 aromatic carbocycles. The molecule has 0 spiro atoms. The molecular weight excluding hydrogens is 325 g/mol. The van der Waals surface area contributed by atoms with Crippen LogP contribution < -0.4 is 15.8 Å². The lowest BCUT2D eigenvalue weighted by Crippen LogP contribution is -2.47. The molecule has 0 saturated carbocycles. The van der Waals surface area contributed by atoms with Crippen LogP contribution in [0, 0.1) is 5.92 Å². The number of hydrogen-bond donors (Lipinski definition) is 2. The maximum atomic E-state index is 12.3. The number of nitrogens with two attached hydrogens (primary N) is 1. The normalized spacial score (nSPS) is 18.7. The first kappa shape index (κ1) is 18.5. The minimum Gasteiger partial charge on any atom is -0.406 e. The Morgan fingerprint density at radius 2 is 2.04 bits per heavy atom. The number of carbonyl (C=O) groups excluding carboxylic acids is 1. The van der Waals surface area contributed by atoms with Gasteiger partial charge in [-0.1, -0.05) is 12.1 Å². The van der Waals surface area contributed by atoms with Gasteiger partial charge >= 0.3 is 6.36 Å². The lowest BCUT2D eigenvalue weighted by Gasteiger charge is -2.28. The molecule has 0 bridgehead atoms. The van der Waals surface area contributed by atoms with Crippen LogP contribution >= 0.6 is 0 Å². The molecule has 134 valence electrons. The number of amides is 1. The molecule has 2 rings (SSSR count). The van der Waals surface area contributed by atoms with Crippen LogP contribution in [0.5, 0.6) is 5.75 Å². The van der Waals surface area contributed by atoms with Gasteiger partial charge in [0, 0.05) is 13.2 Å². The highest BCUT2D eigenvalue weighted by Crippen LogP contribution is 2.26. The van der Waals surface area contributed by atoms with Crippen molar-refractivity contribution < 1.29 is 27.4 Å². The first-order chi connectivity index (χ1) is 11.3. The molecule has 5 nitrogen and oxygen atoms in total. The smallest absolute Gasteiger partial charge is 0.406 e. The monoisotopic (exact) mass is 346 g/mol. The van der Waals surface area contributed by atoms with Crippen LogP contribution in [0.2, 0.25) is 0 Å². The van der Waals surface area contributed by atoms with Gasteiger partial charge in [0.15, 0.2) is 0 Å². The lowest BCUT2D eigenvalue weighted by molar-refractivity contribution is -0.274. The van der Waals surface area contributed by atoms with Crippen LogP contribution in [0.15, 0.2) is 24.3 Å². The second-order valence-corrected chi connectivity index (χ2v) is 5.83. The predicted molar refractivity (Wildman–Crippen MR) is 81.2 cm³/mol. The minimum atomic E-state index is -4.75. The van der Waals surface area contributed by atoms with Crippen molar-refractivity contribution in [3.8, 4) is 5.75 Å². The first-order valence-electron chi connectivity index (χ1n) is 7.75. The zero-order chi connectivity index (χ0) is 17.7. The molecule has 1 fully saturated rings. The summed E-state index contributed by atoms with van der Waals surface area (Å²) in [5.41, 5.74) is 6.49. The van der Waals surface area contributed by atoms with E-state index in [-0.39, 0.29) is 17.6 Å². The van der Waals surface area contributed by atoms with Crippen LogP contribution in [-0.2, 0) is 9.53 Å². The summed E-state index contributed by atoms with van der Waals surface area (Å²) in [6.45, 7) is 2.84. The zero-order valence-electron chi connectivity index (χ0n) is 13.3. The largest absolute Gasteiger partial charge is 0.573 e. The molecule has 1 heterocycles. The van der Waals surface area contributed by atoms with Crippen molar-refractivity contribution in [2.75, 3.05) is 13.2 Å². The van der Waals surface area contributed by atoms with E-state index in [1.807, 2.05) is 0 Å². The fourth-order valence-corrected chi connectivity index (χ4v) is 2.66. The van der Waals surface area contributed by atoms with E-state index in [9.17, 15) is 18.0 Å². The van der Waals surface area contributed by atoms with Gasteiger partial charge in [0.1, 0.15) is 5.75 Å². The number of halogens is 3. The average molecular weight is 346 g/mol. The van der Waals surface area contributed by atoms with Gasteiger partial charge in [0.25, 0.3) is 0 Å². The molecule has 1 aliphatic heterocycles. The molecule has 24 heavy (non-hydrogen) atoms. The van der Waals surface area contributed by atoms with Crippen LogP contribution in [-0.4, -0.2) is 31.5 Å². The summed E-state index contributed by atoms with van der Waals surface area (Å²) in [5.74, 6) is -0.600. The van der Waals surface area contributed by atoms with Crippen molar-refractivity contribution in [2.24, 2.45) is 11.7 Å².